The van der Waals surface area contributed by atoms with Crippen molar-refractivity contribution in [2.24, 2.45) is 0 Å². The predicted octanol–water partition coefficient (Wildman–Crippen LogP) is 5.33. The summed E-state index contributed by atoms with van der Waals surface area (Å²) >= 11 is 0. The molecule has 0 bridgehead atoms. The van der Waals surface area contributed by atoms with Gasteiger partial charge in [0.25, 0.3) is 11.7 Å². The van der Waals surface area contributed by atoms with Gasteiger partial charge in [0.15, 0.2) is 0 Å². The third-order valence-corrected chi connectivity index (χ3v) is 6.88. The maximum Gasteiger partial charge on any atom is 0.295 e. The lowest BCUT2D eigenvalue weighted by Crippen LogP contribution is -2.37. The van der Waals surface area contributed by atoms with Crippen LogP contribution in [0.5, 0.6) is 5.75 Å². The molecule has 2 heterocycles. The van der Waals surface area contributed by atoms with Crippen molar-refractivity contribution in [3.8, 4) is 5.75 Å². The van der Waals surface area contributed by atoms with Crippen molar-refractivity contribution in [3.05, 3.63) is 101 Å². The molecule has 1 aliphatic carbocycles. The van der Waals surface area contributed by atoms with Crippen molar-refractivity contribution in [3.63, 3.8) is 0 Å². The minimum atomic E-state index is -0.652. The van der Waals surface area contributed by atoms with Gasteiger partial charge in [-0.05, 0) is 60.7 Å². The summed E-state index contributed by atoms with van der Waals surface area (Å²) in [6.07, 6.45) is 7.08. The van der Waals surface area contributed by atoms with Gasteiger partial charge in [0, 0.05) is 24.0 Å². The molecule has 2 fully saturated rings. The van der Waals surface area contributed by atoms with Crippen molar-refractivity contribution in [1.29, 1.82) is 0 Å². The van der Waals surface area contributed by atoms with Crippen LogP contribution < -0.4 is 4.74 Å². The monoisotopic (exact) mass is 468 g/mol. The smallest absolute Gasteiger partial charge is 0.295 e. The van der Waals surface area contributed by atoms with Gasteiger partial charge in [0.2, 0.25) is 0 Å². The number of aryl methyl sites for hydroxylation is 1. The Morgan fingerprint density at radius 1 is 1.06 bits per heavy atom. The summed E-state index contributed by atoms with van der Waals surface area (Å²) < 4.78 is 5.96. The van der Waals surface area contributed by atoms with Crippen LogP contribution in [0, 0.1) is 6.92 Å². The first kappa shape index (κ1) is 22.8. The van der Waals surface area contributed by atoms with Crippen LogP contribution >= 0.6 is 0 Å². The number of ether oxygens (including phenoxy) is 1. The van der Waals surface area contributed by atoms with Gasteiger partial charge < -0.3 is 14.7 Å². The highest BCUT2D eigenvalue weighted by Gasteiger charge is 2.49. The van der Waals surface area contributed by atoms with Crippen molar-refractivity contribution < 1.29 is 19.4 Å². The quantitative estimate of drug-likeness (QED) is 0.300. The van der Waals surface area contributed by atoms with Crippen LogP contribution in [0.4, 0.5) is 0 Å². The van der Waals surface area contributed by atoms with E-state index in [1.807, 2.05) is 43.3 Å². The van der Waals surface area contributed by atoms with Crippen LogP contribution in [0.15, 0.2) is 78.6 Å². The SMILES string of the molecule is Cc1cc(/C(O)=C2/C(=O)C(=O)N(C3CCCC3)C2c2cccnc2)ccc1OCc1ccccc1. The first-order valence-corrected chi connectivity index (χ1v) is 12.0. The number of aliphatic hydroxyl groups excluding tert-OH is 1. The van der Waals surface area contributed by atoms with Crippen LogP contribution in [0.2, 0.25) is 0 Å². The van der Waals surface area contributed by atoms with Crippen LogP contribution in [0.3, 0.4) is 0 Å². The number of amides is 1. The minimum Gasteiger partial charge on any atom is -0.507 e. The molecular weight excluding hydrogens is 440 g/mol. The Labute approximate surface area is 204 Å². The van der Waals surface area contributed by atoms with E-state index in [4.69, 9.17) is 4.74 Å². The van der Waals surface area contributed by atoms with Crippen LogP contribution in [-0.4, -0.2) is 32.7 Å². The lowest BCUT2D eigenvalue weighted by Gasteiger charge is -2.30. The number of carbonyl (C=O) groups excluding carboxylic acids is 2. The zero-order valence-electron chi connectivity index (χ0n) is 19.7. The predicted molar refractivity (Wildman–Crippen MR) is 133 cm³/mol. The summed E-state index contributed by atoms with van der Waals surface area (Å²) in [5, 5.41) is 11.3. The van der Waals surface area contributed by atoms with Crippen LogP contribution in [0.1, 0.15) is 54.0 Å². The first-order valence-electron chi connectivity index (χ1n) is 12.0. The van der Waals surface area contributed by atoms with Crippen molar-refractivity contribution in [2.45, 2.75) is 51.3 Å². The Bertz CT molecular complexity index is 1260. The van der Waals surface area contributed by atoms with E-state index in [0.29, 0.717) is 17.9 Å². The van der Waals surface area contributed by atoms with E-state index in [-0.39, 0.29) is 17.4 Å². The number of aliphatic hydroxyl groups is 1. The molecule has 1 unspecified atom stereocenters. The topological polar surface area (TPSA) is 79.7 Å². The number of hydrogen-bond donors (Lipinski definition) is 1. The molecule has 5 rings (SSSR count). The molecule has 6 heteroatoms. The number of benzene rings is 2. The molecule has 2 aliphatic rings. The molecule has 1 saturated heterocycles. The van der Waals surface area contributed by atoms with E-state index in [2.05, 4.69) is 4.98 Å². The number of Topliss-reactive ketones (excluding diaryl/α,β-unsaturated/α-hetero) is 1. The fourth-order valence-electron chi connectivity index (χ4n) is 5.12. The van der Waals surface area contributed by atoms with Gasteiger partial charge >= 0.3 is 0 Å². The molecule has 0 spiro atoms. The fourth-order valence-corrected chi connectivity index (χ4v) is 5.12. The molecule has 3 aromatic rings. The Balaban J connectivity index is 1.50. The molecule has 2 aromatic carbocycles. The summed E-state index contributed by atoms with van der Waals surface area (Å²) in [5.41, 5.74) is 3.20. The van der Waals surface area contributed by atoms with E-state index in [0.717, 1.165) is 42.4 Å². The van der Waals surface area contributed by atoms with Crippen molar-refractivity contribution in [2.75, 3.05) is 0 Å². The number of pyridine rings is 1. The molecular formula is C29H28N2O4. The van der Waals surface area contributed by atoms with Gasteiger partial charge in [-0.1, -0.05) is 49.2 Å². The van der Waals surface area contributed by atoms with E-state index in [9.17, 15) is 14.7 Å². The Hall–Kier alpha value is -3.93. The molecule has 1 amide bonds. The van der Waals surface area contributed by atoms with Crippen molar-refractivity contribution >= 4 is 17.4 Å². The second-order valence-corrected chi connectivity index (χ2v) is 9.19. The Kier molecular flexibility index (Phi) is 6.36. The summed E-state index contributed by atoms with van der Waals surface area (Å²) in [6, 6.07) is 18.2. The maximum atomic E-state index is 13.2. The fraction of sp³-hybridized carbons (Fsp3) is 0.276. The summed E-state index contributed by atoms with van der Waals surface area (Å²) in [4.78, 5) is 32.3. The normalized spacial score (nSPS) is 19.9. The third-order valence-electron chi connectivity index (χ3n) is 6.88. The van der Waals surface area contributed by atoms with Gasteiger partial charge in [-0.2, -0.15) is 0 Å². The van der Waals surface area contributed by atoms with Crippen LogP contribution in [-0.2, 0) is 16.2 Å². The number of carbonyl (C=O) groups is 2. The molecule has 0 radical (unpaired) electrons. The van der Waals surface area contributed by atoms with E-state index in [1.54, 1.807) is 41.6 Å². The zero-order chi connectivity index (χ0) is 24.4. The molecule has 178 valence electrons. The standard InChI is InChI=1S/C29H28N2O4/c1-19-16-21(13-14-24(19)35-18-20-8-3-2-4-9-20)27(32)25-26(22-10-7-15-30-17-22)31(29(34)28(25)33)23-11-5-6-12-23/h2-4,7-10,13-17,23,26,32H,5-6,11-12,18H2,1H3/b27-25-. The summed E-state index contributed by atoms with van der Waals surface area (Å²) in [5.74, 6) is -0.673. The molecule has 1 saturated carbocycles. The third kappa shape index (κ3) is 4.44. The molecule has 1 aliphatic heterocycles. The lowest BCUT2D eigenvalue weighted by molar-refractivity contribution is -0.141. The number of aromatic nitrogens is 1. The minimum absolute atomic E-state index is 0.0162. The van der Waals surface area contributed by atoms with Gasteiger partial charge in [0.05, 0.1) is 11.6 Å². The molecule has 6 nitrogen and oxygen atoms in total. The largest absolute Gasteiger partial charge is 0.507 e. The maximum absolute atomic E-state index is 13.2. The highest BCUT2D eigenvalue weighted by atomic mass is 16.5. The van der Waals surface area contributed by atoms with E-state index in [1.165, 1.54) is 0 Å². The second-order valence-electron chi connectivity index (χ2n) is 9.19. The first-order chi connectivity index (χ1) is 17.0. The van der Waals surface area contributed by atoms with Gasteiger partial charge in [0.1, 0.15) is 18.1 Å². The van der Waals surface area contributed by atoms with E-state index >= 15 is 0 Å². The summed E-state index contributed by atoms with van der Waals surface area (Å²) in [7, 11) is 0. The zero-order valence-corrected chi connectivity index (χ0v) is 19.7. The van der Waals surface area contributed by atoms with Gasteiger partial charge in [-0.15, -0.1) is 0 Å². The highest BCUT2D eigenvalue weighted by molar-refractivity contribution is 6.46. The van der Waals surface area contributed by atoms with Gasteiger partial charge in [-0.3, -0.25) is 14.6 Å². The number of ketones is 1. The lowest BCUT2D eigenvalue weighted by atomic mass is 9.95. The number of rotatable bonds is 6. The molecule has 35 heavy (non-hydrogen) atoms. The summed E-state index contributed by atoms with van der Waals surface area (Å²) in [6.45, 7) is 2.33. The van der Waals surface area contributed by atoms with Crippen molar-refractivity contribution in [1.82, 2.24) is 9.88 Å². The van der Waals surface area contributed by atoms with Crippen LogP contribution in [0.25, 0.3) is 5.76 Å². The highest BCUT2D eigenvalue weighted by Crippen LogP contribution is 2.43. The Morgan fingerprint density at radius 2 is 1.83 bits per heavy atom. The number of nitrogens with zero attached hydrogens (tertiary/aromatic N) is 2. The molecule has 1 N–H and O–H groups in total. The Morgan fingerprint density at radius 3 is 2.51 bits per heavy atom. The number of likely N-dealkylation sites (tertiary alicyclic amines) is 1. The van der Waals surface area contributed by atoms with E-state index < -0.39 is 17.7 Å². The van der Waals surface area contributed by atoms with Gasteiger partial charge in [-0.25, -0.2) is 0 Å². The molecule has 1 aromatic heterocycles. The average Bonchev–Trinajstić information content (AvgIpc) is 3.50. The molecule has 1 atom stereocenters. The average molecular weight is 469 g/mol. The number of hydrogen-bond acceptors (Lipinski definition) is 5. The second kappa shape index (κ2) is 9.74.